The van der Waals surface area contributed by atoms with Crippen molar-refractivity contribution in [2.45, 2.75) is 36.5 Å². The number of nitrogens with zero attached hydrogens (tertiary/aromatic N) is 1. The van der Waals surface area contributed by atoms with Gasteiger partial charge in [-0.05, 0) is 62.3 Å². The zero-order chi connectivity index (χ0) is 20.3. The fourth-order valence-electron chi connectivity index (χ4n) is 3.45. The summed E-state index contributed by atoms with van der Waals surface area (Å²) in [5, 5.41) is 3.01. The number of benzene rings is 2. The fourth-order valence-corrected chi connectivity index (χ4v) is 6.04. The Morgan fingerprint density at radius 1 is 1.07 bits per heavy atom. The zero-order valence-corrected chi connectivity index (χ0v) is 18.1. The lowest BCUT2D eigenvalue weighted by Crippen LogP contribution is -2.41. The van der Waals surface area contributed by atoms with Crippen molar-refractivity contribution in [3.8, 4) is 0 Å². The third kappa shape index (κ3) is 4.26. The molecule has 1 aliphatic rings. The van der Waals surface area contributed by atoms with Gasteiger partial charge in [0.1, 0.15) is 0 Å². The monoisotopic (exact) mass is 418 g/mol. The van der Waals surface area contributed by atoms with Crippen molar-refractivity contribution >= 4 is 33.4 Å². The SMILES string of the molecule is CSc1ccccc1S(=O)(=O)N1CCC(C(=O)Nc2cccc(C)c2C)CC1. The number of amides is 1. The maximum atomic E-state index is 13.0. The second-order valence-electron chi connectivity index (χ2n) is 7.07. The van der Waals surface area contributed by atoms with E-state index in [1.807, 2.05) is 50.4 Å². The molecule has 1 fully saturated rings. The molecule has 2 aromatic carbocycles. The number of carbonyl (C=O) groups excluding carboxylic acids is 1. The van der Waals surface area contributed by atoms with Crippen LogP contribution in [0.15, 0.2) is 52.3 Å². The molecule has 7 heteroatoms. The quantitative estimate of drug-likeness (QED) is 0.744. The molecular formula is C21H26N2O3S2. The number of thioether (sulfide) groups is 1. The number of nitrogens with one attached hydrogen (secondary N) is 1. The Morgan fingerprint density at radius 3 is 2.43 bits per heavy atom. The van der Waals surface area contributed by atoms with Crippen molar-refractivity contribution in [2.75, 3.05) is 24.7 Å². The number of hydrogen-bond donors (Lipinski definition) is 1. The van der Waals surface area contributed by atoms with E-state index in [0.29, 0.717) is 30.8 Å². The number of sulfonamides is 1. The molecule has 1 saturated heterocycles. The average molecular weight is 419 g/mol. The summed E-state index contributed by atoms with van der Waals surface area (Å²) in [4.78, 5) is 13.8. The number of aryl methyl sites for hydroxylation is 1. The highest BCUT2D eigenvalue weighted by Crippen LogP contribution is 2.30. The summed E-state index contributed by atoms with van der Waals surface area (Å²) in [6.07, 6.45) is 2.92. The molecule has 0 aliphatic carbocycles. The Labute approximate surface area is 171 Å². The normalized spacial score (nSPS) is 16.1. The Balaban J connectivity index is 1.67. The van der Waals surface area contributed by atoms with Crippen LogP contribution < -0.4 is 5.32 Å². The van der Waals surface area contributed by atoms with Gasteiger partial charge in [-0.3, -0.25) is 4.79 Å². The number of carbonyl (C=O) groups is 1. The van der Waals surface area contributed by atoms with Crippen LogP contribution in [0.2, 0.25) is 0 Å². The van der Waals surface area contributed by atoms with E-state index in [1.54, 1.807) is 12.1 Å². The molecule has 2 aromatic rings. The molecule has 1 aliphatic heterocycles. The molecule has 0 radical (unpaired) electrons. The van der Waals surface area contributed by atoms with Crippen LogP contribution in [-0.4, -0.2) is 38.0 Å². The molecule has 1 N–H and O–H groups in total. The van der Waals surface area contributed by atoms with Gasteiger partial charge in [0.05, 0.1) is 4.90 Å². The summed E-state index contributed by atoms with van der Waals surface area (Å²) in [5.41, 5.74) is 3.02. The molecule has 28 heavy (non-hydrogen) atoms. The molecule has 0 spiro atoms. The second kappa shape index (κ2) is 8.68. The highest BCUT2D eigenvalue weighted by Gasteiger charge is 2.33. The number of piperidine rings is 1. The van der Waals surface area contributed by atoms with Gasteiger partial charge < -0.3 is 5.32 Å². The first-order valence-electron chi connectivity index (χ1n) is 9.35. The van der Waals surface area contributed by atoms with Gasteiger partial charge in [-0.1, -0.05) is 24.3 Å². The predicted molar refractivity (Wildman–Crippen MR) is 114 cm³/mol. The Morgan fingerprint density at radius 2 is 1.75 bits per heavy atom. The highest BCUT2D eigenvalue weighted by molar-refractivity contribution is 7.99. The van der Waals surface area contributed by atoms with E-state index < -0.39 is 10.0 Å². The Kier molecular flexibility index (Phi) is 6.47. The van der Waals surface area contributed by atoms with Crippen LogP contribution in [-0.2, 0) is 14.8 Å². The molecule has 0 aromatic heterocycles. The van der Waals surface area contributed by atoms with Gasteiger partial charge in [0.25, 0.3) is 0 Å². The lowest BCUT2D eigenvalue weighted by molar-refractivity contribution is -0.120. The van der Waals surface area contributed by atoms with Crippen molar-refractivity contribution in [2.24, 2.45) is 5.92 Å². The van der Waals surface area contributed by atoms with Gasteiger partial charge in [0.15, 0.2) is 0 Å². The van der Waals surface area contributed by atoms with Crippen molar-refractivity contribution in [3.63, 3.8) is 0 Å². The van der Waals surface area contributed by atoms with Crippen LogP contribution in [0.3, 0.4) is 0 Å². The third-order valence-corrected chi connectivity index (χ3v) is 8.26. The fraction of sp³-hybridized carbons (Fsp3) is 0.381. The van der Waals surface area contributed by atoms with E-state index in [-0.39, 0.29) is 11.8 Å². The molecule has 0 saturated carbocycles. The molecule has 0 atom stereocenters. The zero-order valence-electron chi connectivity index (χ0n) is 16.4. The van der Waals surface area contributed by atoms with Gasteiger partial charge in [0, 0.05) is 29.6 Å². The second-order valence-corrected chi connectivity index (χ2v) is 9.82. The summed E-state index contributed by atoms with van der Waals surface area (Å²) in [6.45, 7) is 4.72. The largest absolute Gasteiger partial charge is 0.326 e. The van der Waals surface area contributed by atoms with Crippen LogP contribution in [0, 0.1) is 19.8 Å². The van der Waals surface area contributed by atoms with E-state index in [0.717, 1.165) is 21.7 Å². The summed E-state index contributed by atoms with van der Waals surface area (Å²) in [7, 11) is -3.54. The van der Waals surface area contributed by atoms with Crippen LogP contribution in [0.4, 0.5) is 5.69 Å². The van der Waals surface area contributed by atoms with Gasteiger partial charge in [-0.25, -0.2) is 8.42 Å². The van der Waals surface area contributed by atoms with Crippen LogP contribution in [0.25, 0.3) is 0 Å². The van der Waals surface area contributed by atoms with Crippen LogP contribution >= 0.6 is 11.8 Å². The number of rotatable bonds is 5. The molecule has 0 bridgehead atoms. The summed E-state index contributed by atoms with van der Waals surface area (Å²) < 4.78 is 27.6. The first-order chi connectivity index (χ1) is 13.3. The van der Waals surface area contributed by atoms with E-state index >= 15 is 0 Å². The lowest BCUT2D eigenvalue weighted by Gasteiger charge is -2.31. The van der Waals surface area contributed by atoms with Crippen molar-refractivity contribution in [1.82, 2.24) is 4.31 Å². The molecule has 3 rings (SSSR count). The van der Waals surface area contributed by atoms with E-state index in [1.165, 1.54) is 16.1 Å². The molecule has 5 nitrogen and oxygen atoms in total. The van der Waals surface area contributed by atoms with Crippen molar-refractivity contribution < 1.29 is 13.2 Å². The first-order valence-corrected chi connectivity index (χ1v) is 12.0. The minimum Gasteiger partial charge on any atom is -0.326 e. The summed E-state index contributed by atoms with van der Waals surface area (Å²) >= 11 is 1.43. The number of hydrogen-bond acceptors (Lipinski definition) is 4. The summed E-state index contributed by atoms with van der Waals surface area (Å²) in [5.74, 6) is -0.211. The van der Waals surface area contributed by atoms with E-state index in [4.69, 9.17) is 0 Å². The maximum Gasteiger partial charge on any atom is 0.244 e. The maximum absolute atomic E-state index is 13.0. The number of anilines is 1. The van der Waals surface area contributed by atoms with Crippen molar-refractivity contribution in [1.29, 1.82) is 0 Å². The minimum atomic E-state index is -3.54. The highest BCUT2D eigenvalue weighted by atomic mass is 32.2. The molecule has 0 unspecified atom stereocenters. The van der Waals surface area contributed by atoms with Gasteiger partial charge in [-0.15, -0.1) is 11.8 Å². The lowest BCUT2D eigenvalue weighted by atomic mass is 9.97. The van der Waals surface area contributed by atoms with Crippen LogP contribution in [0.1, 0.15) is 24.0 Å². The summed E-state index contributed by atoms with van der Waals surface area (Å²) in [6, 6.07) is 12.9. The Bertz CT molecular complexity index is 965. The topological polar surface area (TPSA) is 66.5 Å². The third-order valence-electron chi connectivity index (χ3n) is 5.37. The molecular weight excluding hydrogens is 392 g/mol. The van der Waals surface area contributed by atoms with Gasteiger partial charge in [0.2, 0.25) is 15.9 Å². The minimum absolute atomic E-state index is 0.0322. The molecule has 1 amide bonds. The standard InChI is InChI=1S/C21H26N2O3S2/c1-15-7-6-8-18(16(15)2)22-21(24)17-11-13-23(14-12-17)28(25,26)20-10-5-4-9-19(20)27-3/h4-10,17H,11-14H2,1-3H3,(H,22,24). The van der Waals surface area contributed by atoms with Crippen molar-refractivity contribution in [3.05, 3.63) is 53.6 Å². The van der Waals surface area contributed by atoms with E-state index in [2.05, 4.69) is 5.32 Å². The first kappa shape index (κ1) is 20.9. The Hall–Kier alpha value is -1.83. The molecule has 1 heterocycles. The molecule has 150 valence electrons. The predicted octanol–water partition coefficient (Wildman–Crippen LogP) is 4.06. The van der Waals surface area contributed by atoms with Gasteiger partial charge >= 0.3 is 0 Å². The smallest absolute Gasteiger partial charge is 0.244 e. The average Bonchev–Trinajstić information content (AvgIpc) is 2.71. The van der Waals surface area contributed by atoms with Gasteiger partial charge in [-0.2, -0.15) is 4.31 Å². The van der Waals surface area contributed by atoms with Crippen LogP contribution in [0.5, 0.6) is 0 Å². The van der Waals surface area contributed by atoms with E-state index in [9.17, 15) is 13.2 Å².